The zero-order valence-electron chi connectivity index (χ0n) is 18.4. The van der Waals surface area contributed by atoms with Crippen LogP contribution in [0.25, 0.3) is 11.1 Å². The van der Waals surface area contributed by atoms with Crippen molar-refractivity contribution in [2.75, 3.05) is 6.79 Å². The molecule has 5 rings (SSSR count). The Morgan fingerprint density at radius 2 is 1.21 bits per heavy atom. The van der Waals surface area contributed by atoms with Gasteiger partial charge in [-0.1, -0.05) is 19.1 Å². The van der Waals surface area contributed by atoms with Crippen molar-refractivity contribution >= 4 is 5.97 Å². The van der Waals surface area contributed by atoms with Gasteiger partial charge in [0.2, 0.25) is 6.79 Å². The lowest BCUT2D eigenvalue weighted by Crippen LogP contribution is -2.08. The number of hydrogen-bond donors (Lipinski definition) is 2. The Labute approximate surface area is 196 Å². The number of fused-ring (bicyclic) bond motifs is 3. The number of phenols is 2. The molecule has 0 bridgehead atoms. The Bertz CT molecular complexity index is 1340. The van der Waals surface area contributed by atoms with Crippen molar-refractivity contribution in [2.45, 2.75) is 12.8 Å². The van der Waals surface area contributed by atoms with Crippen LogP contribution in [0.3, 0.4) is 0 Å². The molecule has 0 aliphatic heterocycles. The maximum absolute atomic E-state index is 12.4. The monoisotopic (exact) mass is 454 g/mol. The number of esters is 1. The molecular formula is C28H22O6. The molecule has 0 aromatic heterocycles. The average molecular weight is 454 g/mol. The summed E-state index contributed by atoms with van der Waals surface area (Å²) in [5, 5.41) is 18.8. The zero-order valence-corrected chi connectivity index (χ0v) is 18.4. The molecule has 1 aliphatic rings. The molecule has 1 aliphatic carbocycles. The lowest BCUT2D eigenvalue weighted by atomic mass is 9.99. The first-order chi connectivity index (χ1) is 16.5. The van der Waals surface area contributed by atoms with Crippen LogP contribution in [0.1, 0.15) is 34.3 Å². The molecule has 2 N–H and O–H groups in total. The highest BCUT2D eigenvalue weighted by molar-refractivity contribution is 5.91. The quantitative estimate of drug-likeness (QED) is 0.216. The Balaban J connectivity index is 1.28. The molecule has 1 atom stereocenters. The van der Waals surface area contributed by atoms with E-state index < -0.39 is 5.97 Å². The lowest BCUT2D eigenvalue weighted by Gasteiger charge is -2.11. The van der Waals surface area contributed by atoms with Gasteiger partial charge in [0.15, 0.2) is 0 Å². The summed E-state index contributed by atoms with van der Waals surface area (Å²) in [4.78, 5) is 12.4. The van der Waals surface area contributed by atoms with Gasteiger partial charge in [-0.3, -0.25) is 0 Å². The van der Waals surface area contributed by atoms with Gasteiger partial charge < -0.3 is 24.4 Å². The van der Waals surface area contributed by atoms with E-state index in [0.717, 1.165) is 22.3 Å². The van der Waals surface area contributed by atoms with Gasteiger partial charge in [-0.25, -0.2) is 4.79 Å². The standard InChI is InChI=1S/C28H22O6/c1-17-26-14-22(33-16-32-21-8-6-20(30)7-9-21)10-12-24(26)25-13-11-23(15-27(17)25)34-28(31)18-2-4-19(29)5-3-18/h2-15,17,29-30H,16H2,1H3. The molecule has 4 aromatic rings. The smallest absolute Gasteiger partial charge is 0.343 e. The van der Waals surface area contributed by atoms with Gasteiger partial charge in [0.1, 0.15) is 28.7 Å². The fourth-order valence-electron chi connectivity index (χ4n) is 4.08. The van der Waals surface area contributed by atoms with Crippen molar-refractivity contribution in [3.05, 3.63) is 102 Å². The second-order valence-corrected chi connectivity index (χ2v) is 8.06. The number of carbonyl (C=O) groups is 1. The van der Waals surface area contributed by atoms with Gasteiger partial charge in [-0.2, -0.15) is 0 Å². The van der Waals surface area contributed by atoms with Crippen LogP contribution in [0.4, 0.5) is 0 Å². The molecule has 0 saturated carbocycles. The van der Waals surface area contributed by atoms with E-state index in [0.29, 0.717) is 22.8 Å². The van der Waals surface area contributed by atoms with E-state index in [1.165, 1.54) is 24.3 Å². The first-order valence-corrected chi connectivity index (χ1v) is 10.8. The van der Waals surface area contributed by atoms with Crippen LogP contribution in [0.2, 0.25) is 0 Å². The predicted octanol–water partition coefficient (Wildman–Crippen LogP) is 5.86. The van der Waals surface area contributed by atoms with E-state index >= 15 is 0 Å². The van der Waals surface area contributed by atoms with Crippen molar-refractivity contribution in [3.8, 4) is 39.9 Å². The molecule has 6 heteroatoms. The summed E-state index contributed by atoms with van der Waals surface area (Å²) in [5.74, 6) is 1.65. The van der Waals surface area contributed by atoms with Crippen molar-refractivity contribution in [1.29, 1.82) is 0 Å². The molecule has 1 unspecified atom stereocenters. The molecule has 0 saturated heterocycles. The number of benzene rings is 4. The molecule has 0 spiro atoms. The minimum atomic E-state index is -0.479. The first kappa shape index (κ1) is 21.4. The van der Waals surface area contributed by atoms with E-state index in [1.807, 2.05) is 30.3 Å². The molecule has 0 radical (unpaired) electrons. The van der Waals surface area contributed by atoms with Crippen molar-refractivity contribution in [1.82, 2.24) is 0 Å². The van der Waals surface area contributed by atoms with Crippen LogP contribution in [-0.2, 0) is 0 Å². The van der Waals surface area contributed by atoms with E-state index in [4.69, 9.17) is 14.2 Å². The number of hydrogen-bond acceptors (Lipinski definition) is 6. The third kappa shape index (κ3) is 4.26. The van der Waals surface area contributed by atoms with Gasteiger partial charge in [-0.05, 0) is 95.1 Å². The third-order valence-electron chi connectivity index (χ3n) is 5.87. The Kier molecular flexibility index (Phi) is 5.55. The zero-order chi connectivity index (χ0) is 23.7. The summed E-state index contributed by atoms with van der Waals surface area (Å²) in [6, 6.07) is 24.0. The Morgan fingerprint density at radius 3 is 1.85 bits per heavy atom. The molecule has 6 nitrogen and oxygen atoms in total. The molecule has 34 heavy (non-hydrogen) atoms. The highest BCUT2D eigenvalue weighted by atomic mass is 16.7. The van der Waals surface area contributed by atoms with E-state index in [2.05, 4.69) is 6.92 Å². The predicted molar refractivity (Wildman–Crippen MR) is 127 cm³/mol. The highest BCUT2D eigenvalue weighted by Crippen LogP contribution is 2.47. The summed E-state index contributed by atoms with van der Waals surface area (Å²) in [7, 11) is 0. The summed E-state index contributed by atoms with van der Waals surface area (Å²) in [6.45, 7) is 2.15. The van der Waals surface area contributed by atoms with Crippen LogP contribution in [-0.4, -0.2) is 23.0 Å². The fraction of sp³-hybridized carbons (Fsp3) is 0.107. The minimum absolute atomic E-state index is 0.0439. The lowest BCUT2D eigenvalue weighted by molar-refractivity contribution is 0.0734. The maximum atomic E-state index is 12.4. The van der Waals surface area contributed by atoms with Gasteiger partial charge in [-0.15, -0.1) is 0 Å². The van der Waals surface area contributed by atoms with Crippen LogP contribution in [0, 0.1) is 0 Å². The van der Waals surface area contributed by atoms with Crippen LogP contribution < -0.4 is 14.2 Å². The number of ether oxygens (including phenoxy) is 3. The summed E-state index contributed by atoms with van der Waals surface area (Å²) >= 11 is 0. The average Bonchev–Trinajstić information content (AvgIpc) is 3.12. The fourth-order valence-corrected chi connectivity index (χ4v) is 4.08. The molecule has 0 fully saturated rings. The van der Waals surface area contributed by atoms with Gasteiger partial charge in [0.25, 0.3) is 0 Å². The maximum Gasteiger partial charge on any atom is 0.343 e. The second-order valence-electron chi connectivity index (χ2n) is 8.06. The summed E-state index contributed by atoms with van der Waals surface area (Å²) < 4.78 is 16.9. The number of phenolic OH excluding ortho intramolecular Hbond substituents is 2. The number of rotatable bonds is 6. The van der Waals surface area contributed by atoms with E-state index in [9.17, 15) is 15.0 Å². The van der Waals surface area contributed by atoms with Crippen molar-refractivity contribution < 1.29 is 29.2 Å². The normalized spacial score (nSPS) is 13.6. The van der Waals surface area contributed by atoms with Crippen LogP contribution in [0.5, 0.6) is 28.7 Å². The second kappa shape index (κ2) is 8.83. The SMILES string of the molecule is CC1c2cc(OCOc3ccc(O)cc3)ccc2-c2ccc(OC(=O)c3ccc(O)cc3)cc21. The van der Waals surface area contributed by atoms with Crippen molar-refractivity contribution in [2.24, 2.45) is 0 Å². The van der Waals surface area contributed by atoms with Gasteiger partial charge >= 0.3 is 5.97 Å². The highest BCUT2D eigenvalue weighted by Gasteiger charge is 2.26. The molecule has 170 valence electrons. The van der Waals surface area contributed by atoms with Gasteiger partial charge in [0, 0.05) is 5.92 Å². The first-order valence-electron chi connectivity index (χ1n) is 10.8. The minimum Gasteiger partial charge on any atom is -0.508 e. The molecule has 4 aromatic carbocycles. The van der Waals surface area contributed by atoms with Crippen LogP contribution in [0.15, 0.2) is 84.9 Å². The van der Waals surface area contributed by atoms with Crippen molar-refractivity contribution in [3.63, 3.8) is 0 Å². The van der Waals surface area contributed by atoms with Gasteiger partial charge in [0.05, 0.1) is 5.56 Å². The largest absolute Gasteiger partial charge is 0.508 e. The number of aromatic hydroxyl groups is 2. The Morgan fingerprint density at radius 1 is 0.706 bits per heavy atom. The number of carbonyl (C=O) groups excluding carboxylic acids is 1. The summed E-state index contributed by atoms with van der Waals surface area (Å²) in [5.41, 5.74) is 4.78. The Hall–Kier alpha value is -4.45. The van der Waals surface area contributed by atoms with Crippen LogP contribution >= 0.6 is 0 Å². The third-order valence-corrected chi connectivity index (χ3v) is 5.87. The topological polar surface area (TPSA) is 85.2 Å². The summed E-state index contributed by atoms with van der Waals surface area (Å²) in [6.07, 6.45) is 0. The van der Waals surface area contributed by atoms with E-state index in [1.54, 1.807) is 30.3 Å². The molecular weight excluding hydrogens is 432 g/mol. The van der Waals surface area contributed by atoms with E-state index in [-0.39, 0.29) is 24.2 Å². The molecule has 0 heterocycles. The molecule has 0 amide bonds.